The number of sulfonamides is 1. The summed E-state index contributed by atoms with van der Waals surface area (Å²) in [5.41, 5.74) is 2.68. The number of hydrogen-bond donors (Lipinski definition) is 2. The normalized spacial score (nSPS) is 18.8. The van der Waals surface area contributed by atoms with E-state index in [2.05, 4.69) is 5.32 Å². The van der Waals surface area contributed by atoms with Crippen LogP contribution in [0.15, 0.2) is 35.2 Å². The zero-order chi connectivity index (χ0) is 19.2. The van der Waals surface area contributed by atoms with Gasteiger partial charge in [-0.25, -0.2) is 13.2 Å². The lowest BCUT2D eigenvalue weighted by Crippen LogP contribution is -2.52. The second-order valence-corrected chi connectivity index (χ2v) is 8.87. The number of nitrogens with zero attached hydrogens (tertiary/aromatic N) is 1. The maximum atomic E-state index is 13.1. The molecule has 9 heteroatoms. The first kappa shape index (κ1) is 19.0. The van der Waals surface area contributed by atoms with Crippen molar-refractivity contribution < 1.29 is 18.3 Å². The molecule has 0 fully saturated rings. The van der Waals surface area contributed by atoms with Gasteiger partial charge in [-0.1, -0.05) is 52.5 Å². The van der Waals surface area contributed by atoms with E-state index in [0.29, 0.717) is 5.56 Å². The molecule has 1 heterocycles. The van der Waals surface area contributed by atoms with E-state index in [1.807, 2.05) is 32.0 Å². The summed E-state index contributed by atoms with van der Waals surface area (Å²) in [6.07, 6.45) is -1.47. The van der Waals surface area contributed by atoms with Crippen molar-refractivity contribution >= 4 is 44.9 Å². The van der Waals surface area contributed by atoms with Crippen LogP contribution < -0.4 is 5.32 Å². The summed E-state index contributed by atoms with van der Waals surface area (Å²) in [7, 11) is -4.15. The Kier molecular flexibility index (Phi) is 4.92. The van der Waals surface area contributed by atoms with Crippen LogP contribution in [0.25, 0.3) is 0 Å². The lowest BCUT2D eigenvalue weighted by molar-refractivity contribution is -0.140. The predicted molar refractivity (Wildman–Crippen MR) is 100 cm³/mol. The minimum absolute atomic E-state index is 0.0609. The third-order valence-electron chi connectivity index (χ3n) is 4.01. The zero-order valence-electron chi connectivity index (χ0n) is 14.0. The Morgan fingerprint density at radius 2 is 1.77 bits per heavy atom. The largest absolute Gasteiger partial charge is 0.479 e. The molecule has 1 aliphatic rings. The monoisotopic (exact) mass is 414 g/mol. The van der Waals surface area contributed by atoms with Gasteiger partial charge in [0.15, 0.2) is 6.17 Å². The van der Waals surface area contributed by atoms with E-state index in [1.165, 1.54) is 12.1 Å². The highest BCUT2D eigenvalue weighted by Gasteiger charge is 2.43. The van der Waals surface area contributed by atoms with Crippen LogP contribution >= 0.6 is 23.2 Å². The molecule has 0 saturated heterocycles. The molecule has 0 aliphatic carbocycles. The molecule has 0 bridgehead atoms. The Labute approximate surface area is 161 Å². The molecule has 0 radical (unpaired) electrons. The number of rotatable bonds is 3. The van der Waals surface area contributed by atoms with E-state index in [1.54, 1.807) is 0 Å². The topological polar surface area (TPSA) is 86.7 Å². The van der Waals surface area contributed by atoms with Gasteiger partial charge in [0.25, 0.3) is 0 Å². The highest BCUT2D eigenvalue weighted by atomic mass is 35.5. The van der Waals surface area contributed by atoms with Crippen molar-refractivity contribution in [2.24, 2.45) is 0 Å². The molecule has 0 aromatic heterocycles. The third kappa shape index (κ3) is 3.40. The Balaban J connectivity index is 2.14. The summed E-state index contributed by atoms with van der Waals surface area (Å²) in [6, 6.07) is 8.26. The quantitative estimate of drug-likeness (QED) is 0.800. The van der Waals surface area contributed by atoms with Crippen LogP contribution in [0.3, 0.4) is 0 Å². The highest BCUT2D eigenvalue weighted by Crippen LogP contribution is 2.40. The summed E-state index contributed by atoms with van der Waals surface area (Å²) in [6.45, 7) is 3.68. The Morgan fingerprint density at radius 3 is 2.35 bits per heavy atom. The molecule has 2 N–H and O–H groups in total. The van der Waals surface area contributed by atoms with Gasteiger partial charge in [-0.15, -0.1) is 0 Å². The van der Waals surface area contributed by atoms with E-state index in [9.17, 15) is 18.3 Å². The first-order valence-electron chi connectivity index (χ1n) is 7.67. The van der Waals surface area contributed by atoms with Crippen molar-refractivity contribution in [2.75, 3.05) is 5.32 Å². The molecule has 0 spiro atoms. The molecule has 1 aliphatic heterocycles. The second-order valence-electron chi connectivity index (χ2n) is 6.20. The molecule has 2 aromatic rings. The molecule has 26 heavy (non-hydrogen) atoms. The van der Waals surface area contributed by atoms with Gasteiger partial charge in [-0.05, 0) is 31.5 Å². The smallest absolute Gasteiger partial charge is 0.342 e. The SMILES string of the molecule is Cc1cc(C)cc(CN2C(C(=O)O)Nc3cc(Cl)cc(Cl)c3S2(=O)=O)c1. The zero-order valence-corrected chi connectivity index (χ0v) is 16.3. The molecular formula is C17H16Cl2N2O4S. The van der Waals surface area contributed by atoms with Crippen molar-refractivity contribution in [1.29, 1.82) is 0 Å². The number of hydrogen-bond acceptors (Lipinski definition) is 4. The third-order valence-corrected chi connectivity index (χ3v) is 6.55. The Morgan fingerprint density at radius 1 is 1.15 bits per heavy atom. The number of carbonyl (C=O) groups is 1. The summed E-state index contributed by atoms with van der Waals surface area (Å²) in [5.74, 6) is -1.32. The molecule has 0 saturated carbocycles. The van der Waals surface area contributed by atoms with Crippen LogP contribution in [0.5, 0.6) is 0 Å². The highest BCUT2D eigenvalue weighted by molar-refractivity contribution is 7.89. The molecule has 0 amide bonds. The van der Waals surface area contributed by atoms with E-state index < -0.39 is 22.2 Å². The lowest BCUT2D eigenvalue weighted by atomic mass is 10.1. The van der Waals surface area contributed by atoms with Crippen LogP contribution in [0, 0.1) is 13.8 Å². The van der Waals surface area contributed by atoms with Crippen LogP contribution in [-0.4, -0.2) is 30.0 Å². The van der Waals surface area contributed by atoms with Gasteiger partial charge in [0, 0.05) is 11.6 Å². The van der Waals surface area contributed by atoms with Crippen LogP contribution in [0.4, 0.5) is 5.69 Å². The van der Waals surface area contributed by atoms with Crippen LogP contribution in [0.1, 0.15) is 16.7 Å². The molecule has 1 atom stereocenters. The van der Waals surface area contributed by atoms with Gasteiger partial charge in [0.05, 0.1) is 10.7 Å². The molecule has 2 aromatic carbocycles. The van der Waals surface area contributed by atoms with Crippen molar-refractivity contribution in [3.63, 3.8) is 0 Å². The number of aryl methyl sites for hydroxylation is 2. The maximum absolute atomic E-state index is 13.1. The van der Waals surface area contributed by atoms with Gasteiger partial charge in [-0.2, -0.15) is 4.31 Å². The lowest BCUT2D eigenvalue weighted by Gasteiger charge is -2.35. The van der Waals surface area contributed by atoms with Crippen LogP contribution in [0.2, 0.25) is 10.0 Å². The summed E-state index contributed by atoms with van der Waals surface area (Å²) in [4.78, 5) is 11.5. The molecule has 6 nitrogen and oxygen atoms in total. The number of benzene rings is 2. The second kappa shape index (κ2) is 6.74. The van der Waals surface area contributed by atoms with E-state index >= 15 is 0 Å². The standard InChI is InChI=1S/C17H16Cl2N2O4S/c1-9-3-10(2)5-11(4-9)8-21-16(17(22)23)20-14-7-12(18)6-13(19)15(14)26(21,24)25/h3-7,16,20H,8H2,1-2H3,(H,22,23). The van der Waals surface area contributed by atoms with Crippen LogP contribution in [-0.2, 0) is 21.4 Å². The molecule has 138 valence electrons. The van der Waals surface area contributed by atoms with E-state index in [0.717, 1.165) is 15.4 Å². The molecule has 3 rings (SSSR count). The van der Waals surface area contributed by atoms with Crippen molar-refractivity contribution in [2.45, 2.75) is 31.5 Å². The van der Waals surface area contributed by atoms with Gasteiger partial charge in [-0.3, -0.25) is 0 Å². The van der Waals surface area contributed by atoms with Crippen molar-refractivity contribution in [1.82, 2.24) is 4.31 Å². The fourth-order valence-electron chi connectivity index (χ4n) is 3.11. The van der Waals surface area contributed by atoms with E-state index in [4.69, 9.17) is 23.2 Å². The maximum Gasteiger partial charge on any atom is 0.342 e. The number of carboxylic acids is 1. The van der Waals surface area contributed by atoms with Crippen molar-refractivity contribution in [3.05, 3.63) is 57.1 Å². The summed E-state index contributed by atoms with van der Waals surface area (Å²) >= 11 is 12.0. The summed E-state index contributed by atoms with van der Waals surface area (Å²) in [5, 5.41) is 12.4. The Hall–Kier alpha value is -1.80. The fourth-order valence-corrected chi connectivity index (χ4v) is 5.57. The molecular weight excluding hydrogens is 399 g/mol. The minimum Gasteiger partial charge on any atom is -0.479 e. The number of nitrogens with one attached hydrogen (secondary N) is 1. The minimum atomic E-state index is -4.15. The van der Waals surface area contributed by atoms with Gasteiger partial charge >= 0.3 is 5.97 Å². The predicted octanol–water partition coefficient (Wildman–Crippen LogP) is 3.64. The fraction of sp³-hybridized carbons (Fsp3) is 0.235. The Bertz CT molecular complexity index is 988. The van der Waals surface area contributed by atoms with Gasteiger partial charge in [0.1, 0.15) is 4.90 Å². The number of anilines is 1. The van der Waals surface area contributed by atoms with Crippen molar-refractivity contribution in [3.8, 4) is 0 Å². The first-order chi connectivity index (χ1) is 12.1. The van der Waals surface area contributed by atoms with Gasteiger partial charge < -0.3 is 10.4 Å². The summed E-state index contributed by atoms with van der Waals surface area (Å²) < 4.78 is 27.1. The average Bonchev–Trinajstić information content (AvgIpc) is 2.47. The number of fused-ring (bicyclic) bond motifs is 1. The average molecular weight is 415 g/mol. The first-order valence-corrected chi connectivity index (χ1v) is 9.86. The number of aliphatic carboxylic acids is 1. The van der Waals surface area contributed by atoms with E-state index in [-0.39, 0.29) is 27.2 Å². The number of halogens is 2. The molecule has 1 unspecified atom stereocenters. The number of carboxylic acid groups (broad SMARTS) is 1. The van der Waals surface area contributed by atoms with Gasteiger partial charge in [0.2, 0.25) is 10.0 Å².